The van der Waals surface area contributed by atoms with Gasteiger partial charge < -0.3 is 14.0 Å². The first-order valence-corrected chi connectivity index (χ1v) is 8.21. The molecule has 2 heterocycles. The summed E-state index contributed by atoms with van der Waals surface area (Å²) in [4.78, 5) is 11.7. The highest BCUT2D eigenvalue weighted by Crippen LogP contribution is 2.26. The van der Waals surface area contributed by atoms with Crippen LogP contribution in [0.15, 0.2) is 36.5 Å². The number of benzene rings is 1. The fraction of sp³-hybridized carbons (Fsp3) is 0.263. The Bertz CT molecular complexity index is 972. The van der Waals surface area contributed by atoms with E-state index in [1.807, 2.05) is 23.9 Å². The van der Waals surface area contributed by atoms with Crippen molar-refractivity contribution in [1.29, 1.82) is 0 Å². The van der Waals surface area contributed by atoms with Gasteiger partial charge in [0.15, 0.2) is 0 Å². The Morgan fingerprint density at radius 2 is 2.15 bits per heavy atom. The number of ether oxygens (including phenoxy) is 2. The highest BCUT2D eigenvalue weighted by atomic mass is 19.1. The zero-order valence-corrected chi connectivity index (χ0v) is 14.9. The smallest absolute Gasteiger partial charge is 0.330 e. The number of esters is 1. The number of methoxy groups -OCH3 is 1. The zero-order valence-electron chi connectivity index (χ0n) is 14.9. The van der Waals surface area contributed by atoms with Crippen LogP contribution < -0.4 is 0 Å². The van der Waals surface area contributed by atoms with E-state index in [1.54, 1.807) is 30.9 Å². The standard InChI is InChI=1S/C19H20FN3O3/c1-4-26-18(24)8-6-15-16(12-25-3)21-22(2)19(15)23-10-9-13-11-14(20)5-7-17(13)23/h5-11H,4,12H2,1-3H3. The van der Waals surface area contributed by atoms with Gasteiger partial charge >= 0.3 is 5.97 Å². The summed E-state index contributed by atoms with van der Waals surface area (Å²) in [5.74, 6) is 0.0343. The Labute approximate surface area is 150 Å². The topological polar surface area (TPSA) is 58.3 Å². The van der Waals surface area contributed by atoms with E-state index in [4.69, 9.17) is 9.47 Å². The number of rotatable bonds is 6. The fourth-order valence-corrected chi connectivity index (χ4v) is 2.93. The predicted octanol–water partition coefficient (Wildman–Crippen LogP) is 3.23. The summed E-state index contributed by atoms with van der Waals surface area (Å²) in [7, 11) is 3.40. The van der Waals surface area contributed by atoms with Gasteiger partial charge in [-0.3, -0.25) is 4.68 Å². The average molecular weight is 357 g/mol. The maximum atomic E-state index is 13.5. The molecule has 0 saturated carbocycles. The maximum absolute atomic E-state index is 13.5. The van der Waals surface area contributed by atoms with E-state index < -0.39 is 5.97 Å². The average Bonchev–Trinajstić information content (AvgIpc) is 3.13. The second-order valence-corrected chi connectivity index (χ2v) is 5.71. The van der Waals surface area contributed by atoms with Crippen molar-refractivity contribution in [2.75, 3.05) is 13.7 Å². The van der Waals surface area contributed by atoms with Crippen molar-refractivity contribution in [2.24, 2.45) is 7.05 Å². The molecular weight excluding hydrogens is 337 g/mol. The largest absolute Gasteiger partial charge is 0.463 e. The SMILES string of the molecule is CCOC(=O)C=Cc1c(COC)nn(C)c1-n1ccc2cc(F)ccc21. The molecule has 0 amide bonds. The summed E-state index contributed by atoms with van der Waals surface area (Å²) < 4.78 is 27.3. The first-order valence-electron chi connectivity index (χ1n) is 8.21. The van der Waals surface area contributed by atoms with Crippen LogP contribution in [0.1, 0.15) is 18.2 Å². The monoisotopic (exact) mass is 357 g/mol. The Balaban J connectivity index is 2.14. The molecule has 136 valence electrons. The van der Waals surface area contributed by atoms with Gasteiger partial charge in [0.05, 0.1) is 24.4 Å². The van der Waals surface area contributed by atoms with E-state index in [0.29, 0.717) is 18.9 Å². The van der Waals surface area contributed by atoms with Gasteiger partial charge in [0.1, 0.15) is 11.6 Å². The summed E-state index contributed by atoms with van der Waals surface area (Å²) in [6.07, 6.45) is 4.89. The van der Waals surface area contributed by atoms with Crippen molar-refractivity contribution in [3.05, 3.63) is 53.6 Å². The minimum atomic E-state index is -0.426. The molecule has 0 fully saturated rings. The lowest BCUT2D eigenvalue weighted by Crippen LogP contribution is -2.03. The Hall–Kier alpha value is -2.93. The number of hydrogen-bond acceptors (Lipinski definition) is 4. The van der Waals surface area contributed by atoms with Crippen LogP contribution in [0.4, 0.5) is 4.39 Å². The van der Waals surface area contributed by atoms with E-state index >= 15 is 0 Å². The maximum Gasteiger partial charge on any atom is 0.330 e. The van der Waals surface area contributed by atoms with Gasteiger partial charge in [-0.1, -0.05) is 0 Å². The summed E-state index contributed by atoms with van der Waals surface area (Å²) in [6, 6.07) is 6.44. The van der Waals surface area contributed by atoms with Gasteiger partial charge in [0.2, 0.25) is 0 Å². The quantitative estimate of drug-likeness (QED) is 0.502. The summed E-state index contributed by atoms with van der Waals surface area (Å²) in [6.45, 7) is 2.36. The molecule has 1 aromatic carbocycles. The molecule has 3 rings (SSSR count). The van der Waals surface area contributed by atoms with Crippen LogP contribution in [0.3, 0.4) is 0 Å². The molecule has 6 nitrogen and oxygen atoms in total. The molecule has 0 radical (unpaired) electrons. The molecule has 0 aliphatic carbocycles. The Kier molecular flexibility index (Phi) is 5.18. The van der Waals surface area contributed by atoms with Crippen LogP contribution in [0.2, 0.25) is 0 Å². The molecule has 3 aromatic rings. The number of fused-ring (bicyclic) bond motifs is 1. The highest BCUT2D eigenvalue weighted by Gasteiger charge is 2.17. The van der Waals surface area contributed by atoms with Crippen molar-refractivity contribution in [3.8, 4) is 5.82 Å². The molecule has 0 saturated heterocycles. The van der Waals surface area contributed by atoms with Crippen LogP contribution in [-0.2, 0) is 27.9 Å². The normalized spacial score (nSPS) is 11.5. The van der Waals surface area contributed by atoms with Crippen molar-refractivity contribution in [3.63, 3.8) is 0 Å². The van der Waals surface area contributed by atoms with Gasteiger partial charge in [-0.2, -0.15) is 5.10 Å². The Morgan fingerprint density at radius 1 is 1.35 bits per heavy atom. The molecule has 0 unspecified atom stereocenters. The molecule has 0 aliphatic heterocycles. The lowest BCUT2D eigenvalue weighted by atomic mass is 10.2. The van der Waals surface area contributed by atoms with E-state index in [1.165, 1.54) is 18.2 Å². The number of hydrogen-bond donors (Lipinski definition) is 0. The number of carbonyl (C=O) groups excluding carboxylic acids is 1. The van der Waals surface area contributed by atoms with Crippen LogP contribution in [0.25, 0.3) is 22.8 Å². The van der Waals surface area contributed by atoms with Gasteiger partial charge in [-0.25, -0.2) is 9.18 Å². The van der Waals surface area contributed by atoms with Crippen molar-refractivity contribution in [2.45, 2.75) is 13.5 Å². The third-order valence-electron chi connectivity index (χ3n) is 3.96. The minimum absolute atomic E-state index is 0.289. The molecule has 2 aromatic heterocycles. The predicted molar refractivity (Wildman–Crippen MR) is 96.4 cm³/mol. The second-order valence-electron chi connectivity index (χ2n) is 5.71. The van der Waals surface area contributed by atoms with Gasteiger partial charge in [-0.05, 0) is 37.3 Å². The summed E-state index contributed by atoms with van der Waals surface area (Å²) in [5.41, 5.74) is 2.27. The first-order chi connectivity index (χ1) is 12.5. The van der Waals surface area contributed by atoms with Crippen LogP contribution in [0.5, 0.6) is 0 Å². The highest BCUT2D eigenvalue weighted by molar-refractivity contribution is 5.88. The minimum Gasteiger partial charge on any atom is -0.463 e. The molecule has 0 atom stereocenters. The lowest BCUT2D eigenvalue weighted by molar-refractivity contribution is -0.137. The van der Waals surface area contributed by atoms with E-state index in [-0.39, 0.29) is 5.82 Å². The second kappa shape index (κ2) is 7.53. The Morgan fingerprint density at radius 3 is 2.88 bits per heavy atom. The molecule has 0 spiro atoms. The van der Waals surface area contributed by atoms with Crippen LogP contribution >= 0.6 is 0 Å². The third-order valence-corrected chi connectivity index (χ3v) is 3.96. The number of aryl methyl sites for hydroxylation is 1. The molecule has 0 N–H and O–H groups in total. The molecular formula is C19H20FN3O3. The van der Waals surface area contributed by atoms with E-state index in [9.17, 15) is 9.18 Å². The molecule has 26 heavy (non-hydrogen) atoms. The molecule has 7 heteroatoms. The van der Waals surface area contributed by atoms with Gasteiger partial charge in [0.25, 0.3) is 0 Å². The van der Waals surface area contributed by atoms with Crippen LogP contribution in [0, 0.1) is 5.82 Å². The molecule has 0 aliphatic rings. The number of nitrogens with zero attached hydrogens (tertiary/aromatic N) is 3. The van der Waals surface area contributed by atoms with Crippen LogP contribution in [-0.4, -0.2) is 34.0 Å². The fourth-order valence-electron chi connectivity index (χ4n) is 2.93. The molecule has 0 bridgehead atoms. The lowest BCUT2D eigenvalue weighted by Gasteiger charge is -2.08. The number of halogens is 1. The van der Waals surface area contributed by atoms with Crippen molar-refractivity contribution >= 4 is 22.9 Å². The van der Waals surface area contributed by atoms with Crippen molar-refractivity contribution in [1.82, 2.24) is 14.3 Å². The summed E-state index contributed by atoms with van der Waals surface area (Å²) in [5, 5.41) is 5.28. The zero-order chi connectivity index (χ0) is 18.7. The third kappa shape index (κ3) is 3.39. The van der Waals surface area contributed by atoms with Gasteiger partial charge in [-0.15, -0.1) is 0 Å². The van der Waals surface area contributed by atoms with E-state index in [2.05, 4.69) is 5.10 Å². The summed E-state index contributed by atoms with van der Waals surface area (Å²) >= 11 is 0. The first kappa shape index (κ1) is 17.9. The van der Waals surface area contributed by atoms with E-state index in [0.717, 1.165) is 22.3 Å². The van der Waals surface area contributed by atoms with Gasteiger partial charge in [0, 0.05) is 37.4 Å². The number of aromatic nitrogens is 3. The van der Waals surface area contributed by atoms with Crippen molar-refractivity contribution < 1.29 is 18.7 Å². The number of carbonyl (C=O) groups is 1.